The summed E-state index contributed by atoms with van der Waals surface area (Å²) in [7, 11) is -3.40. The van der Waals surface area contributed by atoms with Gasteiger partial charge in [0.2, 0.25) is 10.0 Å². The van der Waals surface area contributed by atoms with Crippen molar-refractivity contribution in [1.29, 1.82) is 0 Å². The van der Waals surface area contributed by atoms with E-state index >= 15 is 0 Å². The van der Waals surface area contributed by atoms with E-state index in [0.29, 0.717) is 30.6 Å². The van der Waals surface area contributed by atoms with E-state index in [9.17, 15) is 8.42 Å². The molecule has 0 amide bonds. The van der Waals surface area contributed by atoms with E-state index in [-0.39, 0.29) is 4.90 Å². The van der Waals surface area contributed by atoms with Crippen LogP contribution in [-0.4, -0.2) is 41.9 Å². The lowest BCUT2D eigenvalue weighted by Crippen LogP contribution is -2.40. The fraction of sp³-hybridized carbons (Fsp3) is 0.727. The van der Waals surface area contributed by atoms with Crippen LogP contribution in [0, 0.1) is 12.8 Å². The van der Waals surface area contributed by atoms with Crippen molar-refractivity contribution in [2.75, 3.05) is 19.0 Å². The Bertz CT molecular complexity index is 498. The number of H-pyrrole nitrogens is 1. The van der Waals surface area contributed by atoms with Gasteiger partial charge in [-0.1, -0.05) is 0 Å². The maximum Gasteiger partial charge on any atom is 0.246 e. The Kier molecular flexibility index (Phi) is 4.29. The molecule has 1 unspecified atom stereocenters. The summed E-state index contributed by atoms with van der Waals surface area (Å²) in [4.78, 5) is 0.286. The van der Waals surface area contributed by atoms with Crippen molar-refractivity contribution in [3.05, 3.63) is 11.9 Å². The highest BCUT2D eigenvalue weighted by Crippen LogP contribution is 2.26. The third kappa shape index (κ3) is 2.70. The Morgan fingerprint density at radius 1 is 1.61 bits per heavy atom. The number of hydrogen-bond acceptors (Lipinski definition) is 3. The van der Waals surface area contributed by atoms with E-state index in [0.717, 1.165) is 19.3 Å². The highest BCUT2D eigenvalue weighted by molar-refractivity contribution is 7.89. The van der Waals surface area contributed by atoms with Crippen molar-refractivity contribution in [3.63, 3.8) is 0 Å². The Morgan fingerprint density at radius 3 is 3.00 bits per heavy atom. The first-order valence-electron chi connectivity index (χ1n) is 6.11. The van der Waals surface area contributed by atoms with E-state index in [4.69, 9.17) is 11.6 Å². The zero-order chi connectivity index (χ0) is 13.2. The molecule has 1 N–H and O–H groups in total. The van der Waals surface area contributed by atoms with E-state index in [1.807, 2.05) is 0 Å². The van der Waals surface area contributed by atoms with Gasteiger partial charge in [0.15, 0.2) is 0 Å². The fourth-order valence-corrected chi connectivity index (χ4v) is 4.36. The second kappa shape index (κ2) is 5.59. The largest absolute Gasteiger partial charge is 0.281 e. The Labute approximate surface area is 113 Å². The molecule has 1 aliphatic rings. The minimum atomic E-state index is -3.40. The monoisotopic (exact) mass is 291 g/mol. The Hall–Kier alpha value is -0.590. The molecule has 0 saturated carbocycles. The summed E-state index contributed by atoms with van der Waals surface area (Å²) in [6.07, 6.45) is 4.22. The maximum absolute atomic E-state index is 12.5. The third-order valence-electron chi connectivity index (χ3n) is 3.40. The van der Waals surface area contributed by atoms with Crippen molar-refractivity contribution in [2.24, 2.45) is 5.92 Å². The van der Waals surface area contributed by atoms with Crippen LogP contribution in [0.2, 0.25) is 0 Å². The number of aromatic amines is 1. The van der Waals surface area contributed by atoms with E-state index < -0.39 is 10.0 Å². The van der Waals surface area contributed by atoms with Crippen LogP contribution in [0.15, 0.2) is 11.1 Å². The quantitative estimate of drug-likeness (QED) is 0.860. The molecule has 2 rings (SSSR count). The summed E-state index contributed by atoms with van der Waals surface area (Å²) < 4.78 is 26.5. The minimum absolute atomic E-state index is 0.286. The summed E-state index contributed by atoms with van der Waals surface area (Å²) in [6, 6.07) is 0. The van der Waals surface area contributed by atoms with Gasteiger partial charge >= 0.3 is 0 Å². The van der Waals surface area contributed by atoms with E-state index in [1.165, 1.54) is 6.20 Å². The van der Waals surface area contributed by atoms with E-state index in [2.05, 4.69) is 10.2 Å². The predicted molar refractivity (Wildman–Crippen MR) is 70.1 cm³/mol. The van der Waals surface area contributed by atoms with Crippen molar-refractivity contribution in [1.82, 2.24) is 14.5 Å². The smallest absolute Gasteiger partial charge is 0.246 e. The Balaban J connectivity index is 2.18. The third-order valence-corrected chi connectivity index (χ3v) is 5.60. The van der Waals surface area contributed by atoms with Crippen LogP contribution in [0.3, 0.4) is 0 Å². The molecule has 5 nitrogen and oxygen atoms in total. The molecule has 0 spiro atoms. The lowest BCUT2D eigenvalue weighted by atomic mass is 9.97. The minimum Gasteiger partial charge on any atom is -0.281 e. The fourth-order valence-electron chi connectivity index (χ4n) is 2.37. The zero-order valence-corrected chi connectivity index (χ0v) is 12.0. The molecule has 1 saturated heterocycles. The average Bonchev–Trinajstić information content (AvgIpc) is 2.77. The highest BCUT2D eigenvalue weighted by Gasteiger charge is 2.31. The first kappa shape index (κ1) is 13.8. The average molecular weight is 292 g/mol. The van der Waals surface area contributed by atoms with Crippen molar-refractivity contribution >= 4 is 21.6 Å². The van der Waals surface area contributed by atoms with Crippen LogP contribution in [0.4, 0.5) is 0 Å². The second-order valence-corrected chi connectivity index (χ2v) is 6.99. The number of sulfonamides is 1. The van der Waals surface area contributed by atoms with Crippen molar-refractivity contribution in [3.8, 4) is 0 Å². The first-order valence-corrected chi connectivity index (χ1v) is 8.09. The van der Waals surface area contributed by atoms with Gasteiger partial charge < -0.3 is 0 Å². The van der Waals surface area contributed by atoms with E-state index in [1.54, 1.807) is 11.2 Å². The molecular formula is C11H18ClN3O2S. The molecular weight excluding hydrogens is 274 g/mol. The molecule has 1 atom stereocenters. The van der Waals surface area contributed by atoms with Gasteiger partial charge in [-0.05, 0) is 32.1 Å². The molecule has 0 radical (unpaired) electrons. The number of rotatable bonds is 4. The summed E-state index contributed by atoms with van der Waals surface area (Å²) in [6.45, 7) is 2.88. The van der Waals surface area contributed by atoms with Crippen molar-refractivity contribution < 1.29 is 8.42 Å². The topological polar surface area (TPSA) is 66.1 Å². The molecule has 7 heteroatoms. The molecule has 102 valence electrons. The number of halogens is 1. The second-order valence-electron chi connectivity index (χ2n) is 4.71. The van der Waals surface area contributed by atoms with Crippen LogP contribution >= 0.6 is 11.6 Å². The molecule has 1 aromatic rings. The van der Waals surface area contributed by atoms with Gasteiger partial charge in [0, 0.05) is 19.0 Å². The van der Waals surface area contributed by atoms with Gasteiger partial charge in [0.05, 0.1) is 11.9 Å². The first-order chi connectivity index (χ1) is 8.55. The number of aryl methyl sites for hydroxylation is 1. The van der Waals surface area contributed by atoms with Gasteiger partial charge in [-0.3, -0.25) is 5.10 Å². The number of alkyl halides is 1. The standard InChI is InChI=1S/C11H18ClN3O2S/c1-9-11(7-13-14-9)18(16,17)15-6-2-3-10(8-15)4-5-12/h7,10H,2-6,8H2,1H3,(H,13,14). The lowest BCUT2D eigenvalue weighted by Gasteiger charge is -2.31. The number of nitrogens with one attached hydrogen (secondary N) is 1. The molecule has 1 aliphatic heterocycles. The normalized spacial score (nSPS) is 22.2. The van der Waals surface area contributed by atoms with Gasteiger partial charge in [-0.25, -0.2) is 8.42 Å². The molecule has 1 aromatic heterocycles. The van der Waals surface area contributed by atoms with Gasteiger partial charge in [0.1, 0.15) is 4.90 Å². The summed E-state index contributed by atoms with van der Waals surface area (Å²) in [5.74, 6) is 0.960. The zero-order valence-electron chi connectivity index (χ0n) is 10.4. The number of nitrogens with zero attached hydrogens (tertiary/aromatic N) is 2. The summed E-state index contributed by atoms with van der Waals surface area (Å²) in [5, 5.41) is 6.46. The molecule has 0 bridgehead atoms. The summed E-state index contributed by atoms with van der Waals surface area (Å²) in [5.41, 5.74) is 0.592. The number of aromatic nitrogens is 2. The van der Waals surface area contributed by atoms with Gasteiger partial charge in [0.25, 0.3) is 0 Å². The van der Waals surface area contributed by atoms with Crippen molar-refractivity contribution in [2.45, 2.75) is 31.1 Å². The van der Waals surface area contributed by atoms with Gasteiger partial charge in [-0.15, -0.1) is 11.6 Å². The van der Waals surface area contributed by atoms with Crippen LogP contribution < -0.4 is 0 Å². The molecule has 0 aromatic carbocycles. The number of hydrogen-bond donors (Lipinski definition) is 1. The maximum atomic E-state index is 12.5. The highest BCUT2D eigenvalue weighted by atomic mass is 35.5. The van der Waals surface area contributed by atoms with Crippen LogP contribution in [-0.2, 0) is 10.0 Å². The van der Waals surface area contributed by atoms with Crippen LogP contribution in [0.25, 0.3) is 0 Å². The van der Waals surface area contributed by atoms with Crippen LogP contribution in [0.5, 0.6) is 0 Å². The molecule has 18 heavy (non-hydrogen) atoms. The van der Waals surface area contributed by atoms with Gasteiger partial charge in [-0.2, -0.15) is 9.40 Å². The Morgan fingerprint density at radius 2 is 2.39 bits per heavy atom. The molecule has 1 fully saturated rings. The predicted octanol–water partition coefficient (Wildman–Crippen LogP) is 1.75. The summed E-state index contributed by atoms with van der Waals surface area (Å²) >= 11 is 5.74. The number of piperidine rings is 1. The lowest BCUT2D eigenvalue weighted by molar-refractivity contribution is 0.262. The SMILES string of the molecule is Cc1[nH]ncc1S(=O)(=O)N1CCCC(CCCl)C1. The molecule has 0 aliphatic carbocycles. The molecule has 2 heterocycles. The van der Waals surface area contributed by atoms with Crippen LogP contribution in [0.1, 0.15) is 25.0 Å².